The van der Waals surface area contributed by atoms with Crippen LogP contribution in [0.1, 0.15) is 18.1 Å². The average molecular weight is 361 g/mol. The average Bonchev–Trinajstić information content (AvgIpc) is 3.05. The van der Waals surface area contributed by atoms with Crippen LogP contribution >= 0.6 is 11.6 Å². The first-order valence-electron chi connectivity index (χ1n) is 7.68. The topological polar surface area (TPSA) is 69.2 Å². The van der Waals surface area contributed by atoms with Crippen molar-refractivity contribution < 1.29 is 19.0 Å². The lowest BCUT2D eigenvalue weighted by Crippen LogP contribution is -2.33. The SMILES string of the molecule is Cc1cc(OC(C)C(=O)N/N=C\c2ccc3c(c2)OCO3)ccc1Cl. The van der Waals surface area contributed by atoms with Crippen molar-refractivity contribution in [3.63, 3.8) is 0 Å². The molecule has 130 valence electrons. The van der Waals surface area contributed by atoms with Crippen LogP contribution < -0.4 is 19.6 Å². The van der Waals surface area contributed by atoms with Crippen LogP contribution in [0, 0.1) is 6.92 Å². The lowest BCUT2D eigenvalue weighted by Gasteiger charge is -2.13. The van der Waals surface area contributed by atoms with Gasteiger partial charge in [0.15, 0.2) is 17.6 Å². The summed E-state index contributed by atoms with van der Waals surface area (Å²) >= 11 is 5.97. The van der Waals surface area contributed by atoms with Gasteiger partial charge in [-0.1, -0.05) is 11.6 Å². The number of fused-ring (bicyclic) bond motifs is 1. The van der Waals surface area contributed by atoms with Crippen molar-refractivity contribution in [1.29, 1.82) is 0 Å². The Balaban J connectivity index is 1.55. The third-order valence-electron chi connectivity index (χ3n) is 3.60. The number of carbonyl (C=O) groups is 1. The van der Waals surface area contributed by atoms with Crippen LogP contribution in [-0.4, -0.2) is 25.0 Å². The zero-order chi connectivity index (χ0) is 17.8. The fraction of sp³-hybridized carbons (Fsp3) is 0.222. The van der Waals surface area contributed by atoms with Crippen molar-refractivity contribution in [2.75, 3.05) is 6.79 Å². The molecule has 2 aromatic rings. The third-order valence-corrected chi connectivity index (χ3v) is 4.02. The summed E-state index contributed by atoms with van der Waals surface area (Å²) in [5.74, 6) is 1.57. The molecule has 2 aromatic carbocycles. The second kappa shape index (κ2) is 7.44. The molecule has 0 aliphatic carbocycles. The first-order chi connectivity index (χ1) is 12.0. The highest BCUT2D eigenvalue weighted by atomic mass is 35.5. The highest BCUT2D eigenvalue weighted by molar-refractivity contribution is 6.31. The number of hydrogen-bond acceptors (Lipinski definition) is 5. The summed E-state index contributed by atoms with van der Waals surface area (Å²) in [6.45, 7) is 3.73. The van der Waals surface area contributed by atoms with E-state index < -0.39 is 6.10 Å². The van der Waals surface area contributed by atoms with Gasteiger partial charge >= 0.3 is 0 Å². The highest BCUT2D eigenvalue weighted by Crippen LogP contribution is 2.31. The second-order valence-corrected chi connectivity index (χ2v) is 5.93. The van der Waals surface area contributed by atoms with Crippen LogP contribution in [0.5, 0.6) is 17.2 Å². The van der Waals surface area contributed by atoms with Gasteiger partial charge in [-0.05, 0) is 61.4 Å². The standard InChI is InChI=1S/C18H17ClN2O4/c1-11-7-14(4-5-15(11)19)25-12(2)18(22)21-20-9-13-3-6-16-17(8-13)24-10-23-16/h3-9,12H,10H2,1-2H3,(H,21,22)/b20-9-. The second-order valence-electron chi connectivity index (χ2n) is 5.52. The van der Waals surface area contributed by atoms with Crippen molar-refractivity contribution in [3.8, 4) is 17.2 Å². The summed E-state index contributed by atoms with van der Waals surface area (Å²) in [7, 11) is 0. The fourth-order valence-electron chi connectivity index (χ4n) is 2.20. The van der Waals surface area contributed by atoms with E-state index >= 15 is 0 Å². The van der Waals surface area contributed by atoms with Gasteiger partial charge in [0.1, 0.15) is 5.75 Å². The Morgan fingerprint density at radius 3 is 2.88 bits per heavy atom. The zero-order valence-electron chi connectivity index (χ0n) is 13.8. The maximum atomic E-state index is 12.1. The molecule has 25 heavy (non-hydrogen) atoms. The van der Waals surface area contributed by atoms with E-state index in [1.807, 2.05) is 13.0 Å². The van der Waals surface area contributed by atoms with Crippen molar-refractivity contribution in [1.82, 2.24) is 5.43 Å². The Labute approximate surface area is 150 Å². The predicted molar refractivity (Wildman–Crippen MR) is 94.6 cm³/mol. The molecule has 1 heterocycles. The number of hydrogen-bond donors (Lipinski definition) is 1. The predicted octanol–water partition coefficient (Wildman–Crippen LogP) is 3.29. The molecule has 7 heteroatoms. The van der Waals surface area contributed by atoms with Crippen molar-refractivity contribution in [3.05, 3.63) is 52.5 Å². The maximum absolute atomic E-state index is 12.1. The highest BCUT2D eigenvalue weighted by Gasteiger charge is 2.15. The number of aryl methyl sites for hydroxylation is 1. The number of hydrazone groups is 1. The number of ether oxygens (including phenoxy) is 3. The molecule has 3 rings (SSSR count). The maximum Gasteiger partial charge on any atom is 0.280 e. The van der Waals surface area contributed by atoms with E-state index in [2.05, 4.69) is 10.5 Å². The number of amides is 1. The molecule has 0 fully saturated rings. The van der Waals surface area contributed by atoms with Gasteiger partial charge in [-0.2, -0.15) is 5.10 Å². The molecular formula is C18H17ClN2O4. The van der Waals surface area contributed by atoms with Crippen LogP contribution in [-0.2, 0) is 4.79 Å². The van der Waals surface area contributed by atoms with Crippen LogP contribution in [0.2, 0.25) is 5.02 Å². The molecule has 6 nitrogen and oxygen atoms in total. The minimum Gasteiger partial charge on any atom is -0.481 e. The molecule has 0 radical (unpaired) electrons. The van der Waals surface area contributed by atoms with Crippen LogP contribution in [0.15, 0.2) is 41.5 Å². The van der Waals surface area contributed by atoms with E-state index in [1.54, 1.807) is 37.3 Å². The molecule has 1 atom stereocenters. The molecule has 0 bridgehead atoms. The minimum atomic E-state index is -0.700. The van der Waals surface area contributed by atoms with E-state index in [4.69, 9.17) is 25.8 Å². The molecule has 1 amide bonds. The van der Waals surface area contributed by atoms with Crippen LogP contribution in [0.25, 0.3) is 0 Å². The summed E-state index contributed by atoms with van der Waals surface area (Å²) in [6.07, 6.45) is 0.827. The molecular weight excluding hydrogens is 344 g/mol. The summed E-state index contributed by atoms with van der Waals surface area (Å²) in [6, 6.07) is 10.6. The third kappa shape index (κ3) is 4.22. The van der Waals surface area contributed by atoms with Crippen LogP contribution in [0.3, 0.4) is 0 Å². The molecule has 0 saturated heterocycles. The number of halogens is 1. The lowest BCUT2D eigenvalue weighted by molar-refractivity contribution is -0.127. The molecule has 0 spiro atoms. The molecule has 0 saturated carbocycles. The molecule has 0 aromatic heterocycles. The Hall–Kier alpha value is -2.73. The van der Waals surface area contributed by atoms with Gasteiger partial charge in [-0.15, -0.1) is 0 Å². The molecule has 1 aliphatic rings. The van der Waals surface area contributed by atoms with Gasteiger partial charge < -0.3 is 14.2 Å². The largest absolute Gasteiger partial charge is 0.481 e. The number of nitrogens with one attached hydrogen (secondary N) is 1. The van der Waals surface area contributed by atoms with Crippen molar-refractivity contribution in [2.45, 2.75) is 20.0 Å². The Morgan fingerprint density at radius 1 is 1.28 bits per heavy atom. The smallest absolute Gasteiger partial charge is 0.280 e. The van der Waals surface area contributed by atoms with Crippen molar-refractivity contribution >= 4 is 23.7 Å². The van der Waals surface area contributed by atoms with Gasteiger partial charge in [0.2, 0.25) is 6.79 Å². The summed E-state index contributed by atoms with van der Waals surface area (Å²) < 4.78 is 16.1. The minimum absolute atomic E-state index is 0.214. The van der Waals surface area contributed by atoms with E-state index in [9.17, 15) is 4.79 Å². The summed E-state index contributed by atoms with van der Waals surface area (Å²) in [5.41, 5.74) is 4.12. The Kier molecular flexibility index (Phi) is 5.09. The first-order valence-corrected chi connectivity index (χ1v) is 8.06. The first kappa shape index (κ1) is 17.1. The fourth-order valence-corrected chi connectivity index (χ4v) is 2.32. The summed E-state index contributed by atoms with van der Waals surface area (Å²) in [4.78, 5) is 12.1. The van der Waals surface area contributed by atoms with Gasteiger partial charge in [0, 0.05) is 5.02 Å². The summed E-state index contributed by atoms with van der Waals surface area (Å²) in [5, 5.41) is 4.59. The monoisotopic (exact) mass is 360 g/mol. The molecule has 1 N–H and O–H groups in total. The van der Waals surface area contributed by atoms with Gasteiger partial charge in [0.25, 0.3) is 5.91 Å². The van der Waals surface area contributed by atoms with E-state index in [-0.39, 0.29) is 12.7 Å². The van der Waals surface area contributed by atoms with Crippen LogP contribution in [0.4, 0.5) is 0 Å². The molecule has 1 unspecified atom stereocenters. The van der Waals surface area contributed by atoms with E-state index in [0.717, 1.165) is 11.1 Å². The Morgan fingerprint density at radius 2 is 2.08 bits per heavy atom. The van der Waals surface area contributed by atoms with E-state index in [0.29, 0.717) is 22.3 Å². The lowest BCUT2D eigenvalue weighted by atomic mass is 10.2. The number of nitrogens with zero attached hydrogens (tertiary/aromatic N) is 1. The van der Waals surface area contributed by atoms with E-state index in [1.165, 1.54) is 6.21 Å². The van der Waals surface area contributed by atoms with Gasteiger partial charge in [-0.3, -0.25) is 4.79 Å². The van der Waals surface area contributed by atoms with Gasteiger partial charge in [0.05, 0.1) is 6.21 Å². The normalized spacial score (nSPS) is 13.7. The Bertz CT molecular complexity index is 823. The number of benzene rings is 2. The van der Waals surface area contributed by atoms with Gasteiger partial charge in [-0.25, -0.2) is 5.43 Å². The van der Waals surface area contributed by atoms with Crippen molar-refractivity contribution in [2.24, 2.45) is 5.10 Å². The zero-order valence-corrected chi connectivity index (χ0v) is 14.5. The number of carbonyl (C=O) groups excluding carboxylic acids is 1. The number of rotatable bonds is 5. The molecule has 1 aliphatic heterocycles. The quantitative estimate of drug-likeness (QED) is 0.656.